The van der Waals surface area contributed by atoms with E-state index >= 15 is 0 Å². The Morgan fingerprint density at radius 1 is 1.28 bits per heavy atom. The fraction of sp³-hybridized carbons (Fsp3) is 0.947. The predicted octanol–water partition coefficient (Wildman–Crippen LogP) is 1.71. The van der Waals surface area contributed by atoms with Crippen molar-refractivity contribution in [1.29, 1.82) is 0 Å². The van der Waals surface area contributed by atoms with Gasteiger partial charge < -0.3 is 20.1 Å². The van der Waals surface area contributed by atoms with Gasteiger partial charge in [0, 0.05) is 65.2 Å². The number of nitrogens with zero attached hydrogens (tertiary/aromatic N) is 2. The molecule has 0 aromatic heterocycles. The molecule has 2 atom stereocenters. The number of aliphatic imine (C=N–C) groups is 1. The molecule has 6 heteroatoms. The summed E-state index contributed by atoms with van der Waals surface area (Å²) in [6.45, 7) is 13.5. The van der Waals surface area contributed by atoms with Gasteiger partial charge in [0.25, 0.3) is 0 Å². The third-order valence-corrected chi connectivity index (χ3v) is 5.37. The van der Waals surface area contributed by atoms with Crippen LogP contribution in [0.2, 0.25) is 0 Å². The molecule has 2 unspecified atom stereocenters. The highest BCUT2D eigenvalue weighted by atomic mass is 16.5. The van der Waals surface area contributed by atoms with Gasteiger partial charge >= 0.3 is 0 Å². The normalized spacial score (nSPS) is 26.4. The van der Waals surface area contributed by atoms with Gasteiger partial charge in [0.2, 0.25) is 0 Å². The second kappa shape index (κ2) is 11.0. The van der Waals surface area contributed by atoms with Crippen LogP contribution in [0.25, 0.3) is 0 Å². The topological polar surface area (TPSA) is 58.1 Å². The molecule has 2 rings (SSSR count). The molecule has 0 radical (unpaired) electrons. The summed E-state index contributed by atoms with van der Waals surface area (Å²) >= 11 is 0. The maximum atomic E-state index is 5.82. The Morgan fingerprint density at radius 2 is 2.04 bits per heavy atom. The molecule has 0 aromatic carbocycles. The number of rotatable bonds is 8. The highest BCUT2D eigenvalue weighted by Gasteiger charge is 2.31. The smallest absolute Gasteiger partial charge is 0.191 e. The molecule has 0 spiro atoms. The maximum Gasteiger partial charge on any atom is 0.191 e. The summed E-state index contributed by atoms with van der Waals surface area (Å²) in [6, 6.07) is 1.08. The van der Waals surface area contributed by atoms with E-state index < -0.39 is 0 Å². The van der Waals surface area contributed by atoms with Crippen LogP contribution < -0.4 is 10.6 Å². The van der Waals surface area contributed by atoms with Gasteiger partial charge in [0.1, 0.15) is 0 Å². The number of likely N-dealkylation sites (tertiary alicyclic amines) is 1. The standard InChI is InChI=1S/C19H38N4O2/c1-15(2)23-12-16(3)18(13-23)22-19(20-4)21-8-5-9-25-14-17-6-10-24-11-7-17/h15-18H,5-14H2,1-4H3,(H2,20,21,22). The van der Waals surface area contributed by atoms with Crippen molar-refractivity contribution in [3.63, 3.8) is 0 Å². The van der Waals surface area contributed by atoms with Gasteiger partial charge in [-0.3, -0.25) is 9.89 Å². The molecule has 2 aliphatic heterocycles. The SMILES string of the molecule is CN=C(NCCCOCC1CCOCC1)NC1CN(C(C)C)CC1C. The average Bonchev–Trinajstić information content (AvgIpc) is 2.98. The van der Waals surface area contributed by atoms with Crippen LogP contribution in [-0.4, -0.2) is 76.1 Å². The minimum atomic E-state index is 0.471. The number of ether oxygens (including phenoxy) is 2. The third-order valence-electron chi connectivity index (χ3n) is 5.37. The molecule has 0 amide bonds. The zero-order valence-electron chi connectivity index (χ0n) is 16.6. The van der Waals surface area contributed by atoms with E-state index in [9.17, 15) is 0 Å². The van der Waals surface area contributed by atoms with Crippen LogP contribution in [-0.2, 0) is 9.47 Å². The number of hydrogen-bond acceptors (Lipinski definition) is 4. The molecule has 2 fully saturated rings. The summed E-state index contributed by atoms with van der Waals surface area (Å²) in [5.74, 6) is 2.24. The third kappa shape index (κ3) is 7.12. The molecule has 0 bridgehead atoms. The van der Waals surface area contributed by atoms with Crippen LogP contribution in [0.4, 0.5) is 0 Å². The molecule has 2 heterocycles. The molecule has 6 nitrogen and oxygen atoms in total. The van der Waals surface area contributed by atoms with Crippen molar-refractivity contribution < 1.29 is 9.47 Å². The van der Waals surface area contributed by atoms with E-state index in [2.05, 4.69) is 41.3 Å². The highest BCUT2D eigenvalue weighted by Crippen LogP contribution is 2.18. The Morgan fingerprint density at radius 3 is 2.68 bits per heavy atom. The number of guanidine groups is 1. The van der Waals surface area contributed by atoms with Gasteiger partial charge in [0.05, 0.1) is 0 Å². The lowest BCUT2D eigenvalue weighted by Gasteiger charge is -2.22. The first-order valence-electron chi connectivity index (χ1n) is 9.97. The Balaban J connectivity index is 1.56. The molecule has 0 aliphatic carbocycles. The van der Waals surface area contributed by atoms with Gasteiger partial charge in [-0.1, -0.05) is 6.92 Å². The van der Waals surface area contributed by atoms with Crippen molar-refractivity contribution in [2.45, 2.75) is 52.1 Å². The van der Waals surface area contributed by atoms with E-state index in [0.29, 0.717) is 23.9 Å². The van der Waals surface area contributed by atoms with Crippen LogP contribution in [0.1, 0.15) is 40.0 Å². The van der Waals surface area contributed by atoms with E-state index in [1.807, 2.05) is 7.05 Å². The minimum absolute atomic E-state index is 0.471. The Hall–Kier alpha value is -0.850. The van der Waals surface area contributed by atoms with Crippen LogP contribution >= 0.6 is 0 Å². The molecule has 25 heavy (non-hydrogen) atoms. The number of hydrogen-bond donors (Lipinski definition) is 2. The summed E-state index contributed by atoms with van der Waals surface area (Å²) in [7, 11) is 1.84. The fourth-order valence-electron chi connectivity index (χ4n) is 3.53. The monoisotopic (exact) mass is 354 g/mol. The average molecular weight is 355 g/mol. The molecule has 0 saturated carbocycles. The lowest BCUT2D eigenvalue weighted by atomic mass is 10.0. The summed E-state index contributed by atoms with van der Waals surface area (Å²) in [5, 5.41) is 7.01. The number of nitrogens with one attached hydrogen (secondary N) is 2. The van der Waals surface area contributed by atoms with Gasteiger partial charge in [-0.25, -0.2) is 0 Å². The maximum absolute atomic E-state index is 5.82. The summed E-state index contributed by atoms with van der Waals surface area (Å²) < 4.78 is 11.2. The molecule has 146 valence electrons. The van der Waals surface area contributed by atoms with Crippen LogP contribution in [0, 0.1) is 11.8 Å². The van der Waals surface area contributed by atoms with Gasteiger partial charge in [-0.2, -0.15) is 0 Å². The second-order valence-corrected chi connectivity index (χ2v) is 7.76. The quantitative estimate of drug-likeness (QED) is 0.395. The van der Waals surface area contributed by atoms with E-state index in [1.165, 1.54) is 0 Å². The van der Waals surface area contributed by atoms with Crippen molar-refractivity contribution in [3.05, 3.63) is 0 Å². The first kappa shape index (κ1) is 20.5. The highest BCUT2D eigenvalue weighted by molar-refractivity contribution is 5.80. The molecule has 2 aliphatic rings. The van der Waals surface area contributed by atoms with Gasteiger partial charge in [-0.05, 0) is 44.9 Å². The summed E-state index contributed by atoms with van der Waals surface area (Å²) in [6.07, 6.45) is 3.28. The van der Waals surface area contributed by atoms with E-state index in [4.69, 9.17) is 9.47 Å². The van der Waals surface area contributed by atoms with Crippen LogP contribution in [0.15, 0.2) is 4.99 Å². The molecule has 0 aromatic rings. The van der Waals surface area contributed by atoms with Crippen molar-refractivity contribution >= 4 is 5.96 Å². The minimum Gasteiger partial charge on any atom is -0.381 e. The molecular formula is C19H38N4O2. The van der Waals surface area contributed by atoms with Crippen molar-refractivity contribution in [3.8, 4) is 0 Å². The molecule has 2 N–H and O–H groups in total. The Kier molecular flexibility index (Phi) is 8.99. The van der Waals surface area contributed by atoms with Crippen molar-refractivity contribution in [1.82, 2.24) is 15.5 Å². The Bertz CT molecular complexity index is 397. The van der Waals surface area contributed by atoms with Gasteiger partial charge in [-0.15, -0.1) is 0 Å². The molecular weight excluding hydrogens is 316 g/mol. The summed E-state index contributed by atoms with van der Waals surface area (Å²) in [4.78, 5) is 6.90. The lowest BCUT2D eigenvalue weighted by Crippen LogP contribution is -2.47. The lowest BCUT2D eigenvalue weighted by molar-refractivity contribution is 0.0203. The first-order chi connectivity index (χ1) is 12.1. The largest absolute Gasteiger partial charge is 0.381 e. The zero-order chi connectivity index (χ0) is 18.1. The van der Waals surface area contributed by atoms with Crippen LogP contribution in [0.5, 0.6) is 0 Å². The van der Waals surface area contributed by atoms with E-state index in [-0.39, 0.29) is 0 Å². The summed E-state index contributed by atoms with van der Waals surface area (Å²) in [5.41, 5.74) is 0. The van der Waals surface area contributed by atoms with Crippen molar-refractivity contribution in [2.75, 3.05) is 53.1 Å². The zero-order valence-corrected chi connectivity index (χ0v) is 16.6. The fourth-order valence-corrected chi connectivity index (χ4v) is 3.53. The Labute approximate surface area is 153 Å². The second-order valence-electron chi connectivity index (χ2n) is 7.76. The molecule has 2 saturated heterocycles. The van der Waals surface area contributed by atoms with Crippen LogP contribution in [0.3, 0.4) is 0 Å². The predicted molar refractivity (Wildman–Crippen MR) is 103 cm³/mol. The van der Waals surface area contributed by atoms with E-state index in [0.717, 1.165) is 71.3 Å². The van der Waals surface area contributed by atoms with Gasteiger partial charge in [0.15, 0.2) is 5.96 Å². The van der Waals surface area contributed by atoms with E-state index in [1.54, 1.807) is 0 Å². The van der Waals surface area contributed by atoms with Crippen molar-refractivity contribution in [2.24, 2.45) is 16.8 Å². The first-order valence-corrected chi connectivity index (χ1v) is 9.97.